The van der Waals surface area contributed by atoms with Crippen LogP contribution in [0.4, 0.5) is 0 Å². The van der Waals surface area contributed by atoms with Gasteiger partial charge >= 0.3 is 0 Å². The Balaban J connectivity index is 1.53. The molecular weight excluding hydrogens is 448 g/mol. The van der Waals surface area contributed by atoms with Crippen LogP contribution >= 0.6 is 12.2 Å². The van der Waals surface area contributed by atoms with Gasteiger partial charge in [-0.1, -0.05) is 55.5 Å². The molecule has 1 amide bonds. The Bertz CT molecular complexity index is 1090. The number of rotatable bonds is 11. The summed E-state index contributed by atoms with van der Waals surface area (Å²) in [6.07, 6.45) is 1.67. The molecule has 3 aromatic rings. The molecule has 0 bridgehead atoms. The van der Waals surface area contributed by atoms with Gasteiger partial charge in [0.2, 0.25) is 0 Å². The van der Waals surface area contributed by atoms with E-state index < -0.39 is 0 Å². The summed E-state index contributed by atoms with van der Waals surface area (Å²) in [5.74, 6) is 1.55. The first-order chi connectivity index (χ1) is 16.6. The van der Waals surface area contributed by atoms with Gasteiger partial charge < -0.3 is 19.5 Å². The third-order valence-electron chi connectivity index (χ3n) is 4.99. The van der Waals surface area contributed by atoms with Crippen molar-refractivity contribution in [2.45, 2.75) is 26.3 Å². The minimum atomic E-state index is -0.325. The molecule has 3 aromatic carbocycles. The fourth-order valence-corrected chi connectivity index (χ4v) is 3.42. The maximum absolute atomic E-state index is 12.8. The number of benzene rings is 3. The molecule has 3 rings (SSSR count). The zero-order chi connectivity index (χ0) is 24.2. The van der Waals surface area contributed by atoms with E-state index in [1.807, 2.05) is 54.6 Å². The van der Waals surface area contributed by atoms with Crippen molar-refractivity contribution in [2.24, 2.45) is 0 Å². The fourth-order valence-electron chi connectivity index (χ4n) is 3.25. The Morgan fingerprint density at radius 3 is 2.35 bits per heavy atom. The van der Waals surface area contributed by atoms with Crippen molar-refractivity contribution < 1.29 is 19.0 Å². The third-order valence-corrected chi connectivity index (χ3v) is 5.24. The highest BCUT2D eigenvalue weighted by Gasteiger charge is 2.14. The van der Waals surface area contributed by atoms with Crippen molar-refractivity contribution >= 4 is 23.2 Å². The molecule has 0 fully saturated rings. The van der Waals surface area contributed by atoms with E-state index in [0.717, 1.165) is 18.4 Å². The van der Waals surface area contributed by atoms with Crippen molar-refractivity contribution in [1.29, 1.82) is 0 Å². The Morgan fingerprint density at radius 2 is 1.59 bits per heavy atom. The van der Waals surface area contributed by atoms with Crippen LogP contribution in [0.25, 0.3) is 0 Å². The van der Waals surface area contributed by atoms with Crippen LogP contribution in [0.1, 0.15) is 34.8 Å². The maximum Gasteiger partial charge on any atom is 0.261 e. The molecule has 0 aromatic heterocycles. The predicted molar refractivity (Wildman–Crippen MR) is 138 cm³/mol. The van der Waals surface area contributed by atoms with Crippen LogP contribution in [0.15, 0.2) is 72.8 Å². The summed E-state index contributed by atoms with van der Waals surface area (Å²) in [5, 5.41) is 6.02. The largest absolute Gasteiger partial charge is 0.493 e. The van der Waals surface area contributed by atoms with Gasteiger partial charge in [-0.25, -0.2) is 0 Å². The number of thiocarbonyl (C=S) groups is 1. The lowest BCUT2D eigenvalue weighted by Gasteiger charge is -2.14. The molecule has 0 saturated heterocycles. The number of hydrogen-bond acceptors (Lipinski definition) is 5. The van der Waals surface area contributed by atoms with Crippen LogP contribution in [0.2, 0.25) is 0 Å². The first kappa shape index (κ1) is 25.1. The Morgan fingerprint density at radius 1 is 0.853 bits per heavy atom. The number of ether oxygens (including phenoxy) is 3. The lowest BCUT2D eigenvalue weighted by atomic mass is 10.1. The van der Waals surface area contributed by atoms with E-state index >= 15 is 0 Å². The minimum absolute atomic E-state index is 0.231. The first-order valence-corrected chi connectivity index (χ1v) is 11.7. The molecule has 0 unspecified atom stereocenters. The summed E-state index contributed by atoms with van der Waals surface area (Å²) in [6.45, 7) is 3.58. The number of nitrogens with one attached hydrogen (secondary N) is 2. The van der Waals surface area contributed by atoms with Gasteiger partial charge in [0.25, 0.3) is 5.91 Å². The maximum atomic E-state index is 12.8. The zero-order valence-corrected chi connectivity index (χ0v) is 20.3. The molecule has 2 N–H and O–H groups in total. The van der Waals surface area contributed by atoms with Gasteiger partial charge in [0.15, 0.2) is 16.6 Å². The standard InChI is InChI=1S/C27H30N2O4S/c1-3-16-32-24-14-13-21(18-25(24)31-2)19-28-27(34)29-26(30)22-11-7-8-12-23(22)33-17-15-20-9-5-4-6-10-20/h4-14,18H,3,15-17,19H2,1-2H3,(H2,28,29,30,34). The molecule has 0 aliphatic carbocycles. The zero-order valence-electron chi connectivity index (χ0n) is 19.5. The van der Waals surface area contributed by atoms with Gasteiger partial charge in [0.05, 0.1) is 25.9 Å². The summed E-state index contributed by atoms with van der Waals surface area (Å²) in [5.41, 5.74) is 2.55. The molecular formula is C27H30N2O4S. The number of carbonyl (C=O) groups is 1. The molecule has 0 aliphatic heterocycles. The first-order valence-electron chi connectivity index (χ1n) is 11.3. The Hall–Kier alpha value is -3.58. The van der Waals surface area contributed by atoms with Crippen LogP contribution in [0.3, 0.4) is 0 Å². The summed E-state index contributed by atoms with van der Waals surface area (Å²) >= 11 is 5.33. The van der Waals surface area contributed by atoms with E-state index in [2.05, 4.69) is 17.6 Å². The molecule has 7 heteroatoms. The smallest absolute Gasteiger partial charge is 0.261 e. The molecule has 34 heavy (non-hydrogen) atoms. The second-order valence-corrected chi connectivity index (χ2v) is 7.96. The second-order valence-electron chi connectivity index (χ2n) is 7.55. The van der Waals surface area contributed by atoms with E-state index in [4.69, 9.17) is 26.4 Å². The molecule has 0 atom stereocenters. The van der Waals surface area contributed by atoms with Crippen LogP contribution in [-0.4, -0.2) is 31.3 Å². The average Bonchev–Trinajstić information content (AvgIpc) is 2.87. The number of methoxy groups -OCH3 is 1. The fraction of sp³-hybridized carbons (Fsp3) is 0.259. The Labute approximate surface area is 206 Å². The van der Waals surface area contributed by atoms with Crippen molar-refractivity contribution in [2.75, 3.05) is 20.3 Å². The summed E-state index contributed by atoms with van der Waals surface area (Å²) in [6, 6.07) is 22.9. The summed E-state index contributed by atoms with van der Waals surface area (Å²) in [7, 11) is 1.61. The van der Waals surface area contributed by atoms with Gasteiger partial charge in [0.1, 0.15) is 5.75 Å². The summed E-state index contributed by atoms with van der Waals surface area (Å²) < 4.78 is 17.0. The third kappa shape index (κ3) is 7.49. The molecule has 0 heterocycles. The van der Waals surface area contributed by atoms with Crippen LogP contribution in [-0.2, 0) is 13.0 Å². The molecule has 0 radical (unpaired) electrons. The topological polar surface area (TPSA) is 68.8 Å². The quantitative estimate of drug-likeness (QED) is 0.382. The van der Waals surface area contributed by atoms with Crippen LogP contribution in [0.5, 0.6) is 17.2 Å². The van der Waals surface area contributed by atoms with E-state index in [1.54, 1.807) is 25.3 Å². The lowest BCUT2D eigenvalue weighted by Crippen LogP contribution is -2.39. The molecule has 0 aliphatic rings. The van der Waals surface area contributed by atoms with Gasteiger partial charge in [-0.05, 0) is 54.0 Å². The van der Waals surface area contributed by atoms with Crippen molar-refractivity contribution in [3.05, 3.63) is 89.5 Å². The Kier molecular flexibility index (Phi) is 9.73. The van der Waals surface area contributed by atoms with E-state index in [0.29, 0.717) is 42.6 Å². The van der Waals surface area contributed by atoms with Crippen molar-refractivity contribution in [3.63, 3.8) is 0 Å². The van der Waals surface area contributed by atoms with Crippen molar-refractivity contribution in [3.8, 4) is 17.2 Å². The van der Waals surface area contributed by atoms with Gasteiger partial charge in [-0.2, -0.15) is 0 Å². The number of carbonyl (C=O) groups excluding carboxylic acids is 1. The summed E-state index contributed by atoms with van der Waals surface area (Å²) in [4.78, 5) is 12.8. The van der Waals surface area contributed by atoms with E-state index in [1.165, 1.54) is 5.56 Å². The van der Waals surface area contributed by atoms with Crippen LogP contribution < -0.4 is 24.8 Å². The molecule has 178 valence electrons. The highest BCUT2D eigenvalue weighted by molar-refractivity contribution is 7.80. The minimum Gasteiger partial charge on any atom is -0.493 e. The van der Waals surface area contributed by atoms with Crippen LogP contribution in [0, 0.1) is 0 Å². The normalized spacial score (nSPS) is 10.3. The number of amides is 1. The lowest BCUT2D eigenvalue weighted by molar-refractivity contribution is 0.0972. The van der Waals surface area contributed by atoms with E-state index in [9.17, 15) is 4.79 Å². The highest BCUT2D eigenvalue weighted by atomic mass is 32.1. The van der Waals surface area contributed by atoms with Crippen molar-refractivity contribution in [1.82, 2.24) is 10.6 Å². The SMILES string of the molecule is CCCOc1ccc(CNC(=S)NC(=O)c2ccccc2OCCc2ccccc2)cc1OC. The van der Waals surface area contributed by atoms with Gasteiger partial charge in [0, 0.05) is 13.0 Å². The number of para-hydroxylation sites is 1. The predicted octanol–water partition coefficient (Wildman–Crippen LogP) is 4.91. The van der Waals surface area contributed by atoms with Gasteiger partial charge in [-0.3, -0.25) is 10.1 Å². The molecule has 0 saturated carbocycles. The monoisotopic (exact) mass is 478 g/mol. The van der Waals surface area contributed by atoms with Gasteiger partial charge in [-0.15, -0.1) is 0 Å². The molecule has 6 nitrogen and oxygen atoms in total. The van der Waals surface area contributed by atoms with E-state index in [-0.39, 0.29) is 11.0 Å². The number of hydrogen-bond donors (Lipinski definition) is 2. The average molecular weight is 479 g/mol. The molecule has 0 spiro atoms. The highest BCUT2D eigenvalue weighted by Crippen LogP contribution is 2.28. The second kappa shape index (κ2) is 13.2.